The molecule has 0 fully saturated rings. The number of sulfonamides is 1. The van der Waals surface area contributed by atoms with Crippen molar-refractivity contribution >= 4 is 33.2 Å². The molecular formula is C24H25ClN2O4S. The summed E-state index contributed by atoms with van der Waals surface area (Å²) in [7, 11) is -3.99. The number of anilines is 1. The highest BCUT2D eigenvalue weighted by Crippen LogP contribution is 2.27. The highest BCUT2D eigenvalue weighted by molar-refractivity contribution is 7.92. The summed E-state index contributed by atoms with van der Waals surface area (Å²) in [4.78, 5) is 12.8. The van der Waals surface area contributed by atoms with E-state index in [1.54, 1.807) is 25.1 Å². The number of carbonyl (C=O) groups is 1. The molecule has 8 heteroatoms. The molecule has 0 aliphatic rings. The highest BCUT2D eigenvalue weighted by atomic mass is 35.5. The molecule has 0 unspecified atom stereocenters. The Hall–Kier alpha value is -3.03. The Morgan fingerprint density at radius 2 is 1.75 bits per heavy atom. The monoisotopic (exact) mass is 472 g/mol. The third kappa shape index (κ3) is 5.81. The van der Waals surface area contributed by atoms with Crippen LogP contribution in [0.5, 0.6) is 5.75 Å². The van der Waals surface area contributed by atoms with Crippen molar-refractivity contribution in [2.75, 3.05) is 17.5 Å². The van der Waals surface area contributed by atoms with Crippen molar-refractivity contribution in [1.29, 1.82) is 0 Å². The fourth-order valence-electron chi connectivity index (χ4n) is 3.18. The lowest BCUT2D eigenvalue weighted by atomic mass is 10.2. The zero-order valence-corrected chi connectivity index (χ0v) is 19.5. The van der Waals surface area contributed by atoms with Gasteiger partial charge in [-0.25, -0.2) is 8.42 Å². The van der Waals surface area contributed by atoms with Gasteiger partial charge in [0.05, 0.1) is 17.2 Å². The summed E-state index contributed by atoms with van der Waals surface area (Å²) in [6, 6.07) is 20.3. The maximum absolute atomic E-state index is 13.4. The smallest absolute Gasteiger partial charge is 0.264 e. The van der Waals surface area contributed by atoms with Gasteiger partial charge in [0.15, 0.2) is 0 Å². The van der Waals surface area contributed by atoms with E-state index in [4.69, 9.17) is 16.3 Å². The first-order chi connectivity index (χ1) is 15.3. The number of nitrogens with one attached hydrogen (secondary N) is 1. The van der Waals surface area contributed by atoms with Gasteiger partial charge >= 0.3 is 0 Å². The summed E-state index contributed by atoms with van der Waals surface area (Å²) in [6.45, 7) is 4.14. The molecule has 0 radical (unpaired) electrons. The van der Waals surface area contributed by atoms with E-state index in [1.807, 2.05) is 37.3 Å². The lowest BCUT2D eigenvalue weighted by Crippen LogP contribution is -2.41. The molecule has 32 heavy (non-hydrogen) atoms. The quantitative estimate of drug-likeness (QED) is 0.495. The predicted octanol–water partition coefficient (Wildman–Crippen LogP) is 4.56. The number of nitrogens with zero attached hydrogens (tertiary/aromatic N) is 1. The van der Waals surface area contributed by atoms with Crippen LogP contribution in [0, 0.1) is 6.92 Å². The maximum Gasteiger partial charge on any atom is 0.264 e. The Kier molecular flexibility index (Phi) is 7.77. The van der Waals surface area contributed by atoms with E-state index >= 15 is 0 Å². The molecule has 3 aromatic rings. The van der Waals surface area contributed by atoms with Gasteiger partial charge in [-0.1, -0.05) is 41.9 Å². The van der Waals surface area contributed by atoms with E-state index in [0.29, 0.717) is 23.1 Å². The molecule has 0 saturated heterocycles. The molecule has 0 saturated carbocycles. The maximum atomic E-state index is 13.4. The third-order valence-corrected chi connectivity index (χ3v) is 6.80. The summed E-state index contributed by atoms with van der Waals surface area (Å²) >= 11 is 5.92. The van der Waals surface area contributed by atoms with Gasteiger partial charge in [0.1, 0.15) is 12.3 Å². The zero-order chi connectivity index (χ0) is 23.1. The Balaban J connectivity index is 1.83. The SMILES string of the molecule is CCOc1cccc(CNC(=O)CN(c2ccccc2C)S(=O)(=O)c2ccc(Cl)cc2)c1. The fourth-order valence-corrected chi connectivity index (χ4v) is 4.79. The third-order valence-electron chi connectivity index (χ3n) is 4.77. The van der Waals surface area contributed by atoms with E-state index in [1.165, 1.54) is 24.3 Å². The van der Waals surface area contributed by atoms with Crippen LogP contribution in [0.2, 0.25) is 5.02 Å². The molecule has 0 bridgehead atoms. The van der Waals surface area contributed by atoms with Gasteiger partial charge in [0, 0.05) is 11.6 Å². The predicted molar refractivity (Wildman–Crippen MR) is 127 cm³/mol. The van der Waals surface area contributed by atoms with Crippen molar-refractivity contribution in [3.05, 3.63) is 88.9 Å². The minimum Gasteiger partial charge on any atom is -0.494 e. The minimum atomic E-state index is -3.99. The number of carbonyl (C=O) groups excluding carboxylic acids is 1. The number of para-hydroxylation sites is 1. The molecule has 3 aromatic carbocycles. The first-order valence-electron chi connectivity index (χ1n) is 10.1. The minimum absolute atomic E-state index is 0.0577. The van der Waals surface area contributed by atoms with E-state index < -0.39 is 15.9 Å². The first-order valence-corrected chi connectivity index (χ1v) is 12.0. The number of hydrogen-bond acceptors (Lipinski definition) is 4. The van der Waals surface area contributed by atoms with Crippen LogP contribution in [0.25, 0.3) is 0 Å². The van der Waals surface area contributed by atoms with Crippen LogP contribution in [0.15, 0.2) is 77.7 Å². The number of rotatable bonds is 9. The Labute approximate surface area is 193 Å². The topological polar surface area (TPSA) is 75.7 Å². The lowest BCUT2D eigenvalue weighted by Gasteiger charge is -2.25. The average molecular weight is 473 g/mol. The first kappa shape index (κ1) is 23.6. The molecule has 0 atom stereocenters. The average Bonchev–Trinajstić information content (AvgIpc) is 2.77. The largest absolute Gasteiger partial charge is 0.494 e. The van der Waals surface area contributed by atoms with E-state index in [9.17, 15) is 13.2 Å². The molecular weight excluding hydrogens is 448 g/mol. The van der Waals surface area contributed by atoms with Gasteiger partial charge in [-0.3, -0.25) is 9.10 Å². The number of halogens is 1. The second-order valence-corrected chi connectivity index (χ2v) is 9.41. The molecule has 0 aliphatic carbocycles. The van der Waals surface area contributed by atoms with Crippen LogP contribution in [0.3, 0.4) is 0 Å². The van der Waals surface area contributed by atoms with Crippen molar-refractivity contribution in [2.24, 2.45) is 0 Å². The summed E-state index contributed by atoms with van der Waals surface area (Å²) < 4.78 is 33.4. The summed E-state index contributed by atoms with van der Waals surface area (Å²) in [6.07, 6.45) is 0. The van der Waals surface area contributed by atoms with Gasteiger partial charge in [0.25, 0.3) is 10.0 Å². The second-order valence-electron chi connectivity index (χ2n) is 7.11. The standard InChI is InChI=1S/C24H25ClN2O4S/c1-3-31-21-9-6-8-19(15-21)16-26-24(28)17-27(23-10-5-4-7-18(23)2)32(29,30)22-13-11-20(25)12-14-22/h4-15H,3,16-17H2,1-2H3,(H,26,28). The van der Waals surface area contributed by atoms with Gasteiger partial charge in [-0.2, -0.15) is 0 Å². The molecule has 0 heterocycles. The molecule has 0 aliphatic heterocycles. The highest BCUT2D eigenvalue weighted by Gasteiger charge is 2.28. The zero-order valence-electron chi connectivity index (χ0n) is 17.9. The molecule has 6 nitrogen and oxygen atoms in total. The summed E-state index contributed by atoms with van der Waals surface area (Å²) in [5.74, 6) is 0.290. The number of benzene rings is 3. The van der Waals surface area contributed by atoms with Crippen molar-refractivity contribution in [3.8, 4) is 5.75 Å². The summed E-state index contributed by atoms with van der Waals surface area (Å²) in [5, 5.41) is 3.23. The van der Waals surface area contributed by atoms with Crippen LogP contribution in [0.1, 0.15) is 18.1 Å². The van der Waals surface area contributed by atoms with E-state index in [-0.39, 0.29) is 18.0 Å². The van der Waals surface area contributed by atoms with Crippen LogP contribution in [0.4, 0.5) is 5.69 Å². The van der Waals surface area contributed by atoms with Gasteiger partial charge < -0.3 is 10.1 Å². The van der Waals surface area contributed by atoms with Crippen molar-refractivity contribution in [2.45, 2.75) is 25.3 Å². The van der Waals surface area contributed by atoms with Crippen molar-refractivity contribution < 1.29 is 17.9 Å². The number of ether oxygens (including phenoxy) is 1. The number of hydrogen-bond donors (Lipinski definition) is 1. The normalized spacial score (nSPS) is 11.1. The Morgan fingerprint density at radius 1 is 1.03 bits per heavy atom. The van der Waals surface area contributed by atoms with Crippen LogP contribution < -0.4 is 14.4 Å². The Morgan fingerprint density at radius 3 is 2.44 bits per heavy atom. The van der Waals surface area contributed by atoms with Crippen molar-refractivity contribution in [1.82, 2.24) is 5.32 Å². The molecule has 0 aromatic heterocycles. The molecule has 3 rings (SSSR count). The summed E-state index contributed by atoms with van der Waals surface area (Å²) in [5.41, 5.74) is 2.03. The lowest BCUT2D eigenvalue weighted by molar-refractivity contribution is -0.119. The molecule has 1 N–H and O–H groups in total. The van der Waals surface area contributed by atoms with E-state index in [2.05, 4.69) is 5.32 Å². The fraction of sp³-hybridized carbons (Fsp3) is 0.208. The van der Waals surface area contributed by atoms with E-state index in [0.717, 1.165) is 15.4 Å². The van der Waals surface area contributed by atoms with Crippen LogP contribution in [-0.4, -0.2) is 27.5 Å². The number of amides is 1. The van der Waals surface area contributed by atoms with Crippen LogP contribution >= 0.6 is 11.6 Å². The second kappa shape index (κ2) is 10.5. The van der Waals surface area contributed by atoms with Gasteiger partial charge in [0.2, 0.25) is 5.91 Å². The van der Waals surface area contributed by atoms with Crippen LogP contribution in [-0.2, 0) is 21.4 Å². The van der Waals surface area contributed by atoms with Gasteiger partial charge in [-0.05, 0) is 67.4 Å². The molecule has 168 valence electrons. The van der Waals surface area contributed by atoms with Gasteiger partial charge in [-0.15, -0.1) is 0 Å². The Bertz CT molecular complexity index is 1180. The molecule has 0 spiro atoms. The van der Waals surface area contributed by atoms with Crippen molar-refractivity contribution in [3.63, 3.8) is 0 Å². The number of aryl methyl sites for hydroxylation is 1. The molecule has 1 amide bonds.